The number of anilines is 1. The normalized spacial score (nSPS) is 14.9. The average molecular weight is 449 g/mol. The van der Waals surface area contributed by atoms with Crippen LogP contribution >= 0.6 is 43.6 Å². The van der Waals surface area contributed by atoms with Crippen LogP contribution in [0.5, 0.6) is 0 Å². The summed E-state index contributed by atoms with van der Waals surface area (Å²) < 4.78 is 28.8. The molecule has 0 bridgehead atoms. The Bertz CT molecular complexity index is 793. The number of fused-ring (bicyclic) bond motifs is 1. The van der Waals surface area contributed by atoms with Crippen molar-refractivity contribution in [3.8, 4) is 0 Å². The van der Waals surface area contributed by atoms with Crippen LogP contribution < -0.4 is 4.31 Å². The third kappa shape index (κ3) is 2.88. The lowest BCUT2D eigenvalue weighted by atomic mass is 10.3. The molecule has 1 aliphatic rings. The molecule has 1 aliphatic heterocycles. The van der Waals surface area contributed by atoms with E-state index < -0.39 is 10.0 Å². The van der Waals surface area contributed by atoms with Crippen LogP contribution in [0.1, 0.15) is 0 Å². The second-order valence-electron chi connectivity index (χ2n) is 4.47. The first kappa shape index (κ1) is 15.4. The number of halogens is 2. The highest BCUT2D eigenvalue weighted by atomic mass is 79.9. The van der Waals surface area contributed by atoms with E-state index >= 15 is 0 Å². The van der Waals surface area contributed by atoms with Gasteiger partial charge >= 0.3 is 0 Å². The number of thioether (sulfide) groups is 1. The summed E-state index contributed by atoms with van der Waals surface area (Å²) in [6.07, 6.45) is 0. The van der Waals surface area contributed by atoms with Crippen LogP contribution in [0.15, 0.2) is 61.2 Å². The van der Waals surface area contributed by atoms with Crippen molar-refractivity contribution in [3.63, 3.8) is 0 Å². The van der Waals surface area contributed by atoms with Gasteiger partial charge in [0.25, 0.3) is 10.0 Å². The smallest absolute Gasteiger partial charge is 0.264 e. The Hall–Kier alpha value is -0.500. The molecule has 0 N–H and O–H groups in total. The molecule has 0 saturated heterocycles. The van der Waals surface area contributed by atoms with Crippen molar-refractivity contribution in [3.05, 3.63) is 51.4 Å². The van der Waals surface area contributed by atoms with E-state index in [-0.39, 0.29) is 4.90 Å². The lowest BCUT2D eigenvalue weighted by molar-refractivity contribution is 0.591. The second-order valence-corrected chi connectivity index (χ2v) is 9.21. The lowest BCUT2D eigenvalue weighted by Crippen LogP contribution is -2.35. The molecule has 0 amide bonds. The summed E-state index contributed by atoms with van der Waals surface area (Å²) in [4.78, 5) is 1.28. The maximum absolute atomic E-state index is 13.0. The van der Waals surface area contributed by atoms with Gasteiger partial charge in [0.05, 0.1) is 5.69 Å². The first-order valence-corrected chi connectivity index (χ1v) is 10.2. The zero-order valence-corrected chi connectivity index (χ0v) is 15.6. The molecule has 2 aromatic carbocycles. The zero-order valence-electron chi connectivity index (χ0n) is 10.8. The number of hydrogen-bond acceptors (Lipinski definition) is 3. The highest BCUT2D eigenvalue weighted by molar-refractivity contribution is 9.11. The molecule has 0 fully saturated rings. The highest BCUT2D eigenvalue weighted by Gasteiger charge is 2.30. The Kier molecular flexibility index (Phi) is 4.36. The number of rotatable bonds is 2. The van der Waals surface area contributed by atoms with E-state index in [1.165, 1.54) is 4.31 Å². The van der Waals surface area contributed by atoms with Gasteiger partial charge in [0.1, 0.15) is 4.90 Å². The van der Waals surface area contributed by atoms with Gasteiger partial charge in [0, 0.05) is 26.1 Å². The first-order valence-electron chi connectivity index (χ1n) is 6.20. The van der Waals surface area contributed by atoms with Crippen LogP contribution in [0.3, 0.4) is 0 Å². The predicted octanol–water partition coefficient (Wildman–Crippen LogP) is 4.51. The average Bonchev–Trinajstić information content (AvgIpc) is 2.49. The molecule has 21 heavy (non-hydrogen) atoms. The molecule has 3 rings (SSSR count). The van der Waals surface area contributed by atoms with Crippen LogP contribution in [0.4, 0.5) is 5.69 Å². The van der Waals surface area contributed by atoms with Crippen molar-refractivity contribution >= 4 is 59.3 Å². The quantitative estimate of drug-likeness (QED) is 0.678. The van der Waals surface area contributed by atoms with Crippen molar-refractivity contribution in [2.75, 3.05) is 16.6 Å². The van der Waals surface area contributed by atoms with Gasteiger partial charge in [0.15, 0.2) is 0 Å². The van der Waals surface area contributed by atoms with E-state index in [0.717, 1.165) is 20.8 Å². The molecule has 7 heteroatoms. The SMILES string of the molecule is O=S(=O)(c1cc(Br)ccc1Br)N1CCSc2ccccc21. The molecule has 1 heterocycles. The van der Waals surface area contributed by atoms with Crippen LogP contribution in [0.25, 0.3) is 0 Å². The van der Waals surface area contributed by atoms with E-state index in [9.17, 15) is 8.42 Å². The molecular formula is C14H11Br2NO2S2. The Balaban J connectivity index is 2.14. The van der Waals surface area contributed by atoms with Crippen molar-refractivity contribution < 1.29 is 8.42 Å². The largest absolute Gasteiger partial charge is 0.265 e. The molecular weight excluding hydrogens is 438 g/mol. The molecule has 2 aromatic rings. The van der Waals surface area contributed by atoms with Gasteiger partial charge in [-0.1, -0.05) is 28.1 Å². The lowest BCUT2D eigenvalue weighted by Gasteiger charge is -2.30. The minimum Gasteiger partial charge on any atom is -0.264 e. The Labute approximate surface area is 145 Å². The van der Waals surface area contributed by atoms with Gasteiger partial charge in [-0.25, -0.2) is 8.42 Å². The summed E-state index contributed by atoms with van der Waals surface area (Å²) in [5.41, 5.74) is 0.751. The van der Waals surface area contributed by atoms with Crippen LogP contribution in [-0.2, 0) is 10.0 Å². The fourth-order valence-corrected chi connectivity index (χ4v) is 6.31. The molecule has 3 nitrogen and oxygen atoms in total. The summed E-state index contributed by atoms with van der Waals surface area (Å²) >= 11 is 8.36. The number of para-hydroxylation sites is 1. The van der Waals surface area contributed by atoms with E-state index in [0.29, 0.717) is 11.0 Å². The van der Waals surface area contributed by atoms with Gasteiger partial charge < -0.3 is 0 Å². The fraction of sp³-hybridized carbons (Fsp3) is 0.143. The van der Waals surface area contributed by atoms with Gasteiger partial charge in [-0.15, -0.1) is 11.8 Å². The Morgan fingerprint density at radius 3 is 2.67 bits per heavy atom. The minimum absolute atomic E-state index is 0.276. The maximum atomic E-state index is 13.0. The van der Waals surface area contributed by atoms with Gasteiger partial charge in [-0.3, -0.25) is 4.31 Å². The Morgan fingerprint density at radius 2 is 1.86 bits per heavy atom. The van der Waals surface area contributed by atoms with Crippen molar-refractivity contribution in [1.29, 1.82) is 0 Å². The molecule has 0 atom stereocenters. The van der Waals surface area contributed by atoms with E-state index in [1.54, 1.807) is 23.9 Å². The van der Waals surface area contributed by atoms with Gasteiger partial charge in [-0.2, -0.15) is 0 Å². The number of nitrogens with zero attached hydrogens (tertiary/aromatic N) is 1. The molecule has 110 valence electrons. The second kappa shape index (κ2) is 5.95. The number of benzene rings is 2. The summed E-state index contributed by atoms with van der Waals surface area (Å²) in [6, 6.07) is 12.8. The van der Waals surface area contributed by atoms with E-state index in [4.69, 9.17) is 0 Å². The van der Waals surface area contributed by atoms with Crippen molar-refractivity contribution in [2.45, 2.75) is 9.79 Å². The van der Waals surface area contributed by atoms with E-state index in [2.05, 4.69) is 31.9 Å². The summed E-state index contributed by atoms with van der Waals surface area (Å²) in [7, 11) is -3.59. The third-order valence-electron chi connectivity index (χ3n) is 3.15. The standard InChI is InChI=1S/C14H11Br2NO2S2/c15-10-5-6-11(16)14(9-10)21(18,19)17-7-8-20-13-4-2-1-3-12(13)17/h1-6,9H,7-8H2. The fourth-order valence-electron chi connectivity index (χ4n) is 2.19. The van der Waals surface area contributed by atoms with Crippen molar-refractivity contribution in [2.24, 2.45) is 0 Å². The Morgan fingerprint density at radius 1 is 1.10 bits per heavy atom. The molecule has 0 spiro atoms. The number of hydrogen-bond donors (Lipinski definition) is 0. The van der Waals surface area contributed by atoms with Gasteiger partial charge in [0.2, 0.25) is 0 Å². The summed E-state index contributed by atoms with van der Waals surface area (Å²) in [5.74, 6) is 0.752. The summed E-state index contributed by atoms with van der Waals surface area (Å²) in [5, 5.41) is 0. The van der Waals surface area contributed by atoms with Gasteiger partial charge in [-0.05, 0) is 46.3 Å². The number of sulfonamides is 1. The molecule has 0 aliphatic carbocycles. The molecule has 0 unspecified atom stereocenters. The first-order chi connectivity index (χ1) is 10.00. The van der Waals surface area contributed by atoms with Crippen LogP contribution in [0, 0.1) is 0 Å². The van der Waals surface area contributed by atoms with E-state index in [1.807, 2.05) is 30.3 Å². The third-order valence-corrected chi connectivity index (χ3v) is 7.49. The molecule has 0 saturated carbocycles. The zero-order chi connectivity index (χ0) is 15.0. The highest BCUT2D eigenvalue weighted by Crippen LogP contribution is 2.39. The molecule has 0 radical (unpaired) electrons. The minimum atomic E-state index is -3.59. The molecule has 0 aromatic heterocycles. The topological polar surface area (TPSA) is 37.4 Å². The summed E-state index contributed by atoms with van der Waals surface area (Å²) in [6.45, 7) is 0.475. The monoisotopic (exact) mass is 447 g/mol. The maximum Gasteiger partial charge on any atom is 0.265 e. The predicted molar refractivity (Wildman–Crippen MR) is 93.5 cm³/mol. The van der Waals surface area contributed by atoms with Crippen LogP contribution in [-0.4, -0.2) is 20.7 Å². The van der Waals surface area contributed by atoms with Crippen molar-refractivity contribution in [1.82, 2.24) is 0 Å². The van der Waals surface area contributed by atoms with Crippen LogP contribution in [0.2, 0.25) is 0 Å².